The van der Waals surface area contributed by atoms with Gasteiger partial charge in [0.1, 0.15) is 5.60 Å². The Balaban J connectivity index is 1.90. The molecule has 0 radical (unpaired) electrons. The van der Waals surface area contributed by atoms with Crippen LogP contribution in [0.3, 0.4) is 0 Å². The Bertz CT molecular complexity index is 969. The molecule has 0 bridgehead atoms. The van der Waals surface area contributed by atoms with Crippen LogP contribution in [-0.4, -0.2) is 48.7 Å². The number of methoxy groups -OCH3 is 1. The highest BCUT2D eigenvalue weighted by Gasteiger charge is 2.23. The van der Waals surface area contributed by atoms with Crippen molar-refractivity contribution >= 4 is 18.0 Å². The van der Waals surface area contributed by atoms with Crippen molar-refractivity contribution in [1.29, 1.82) is 0 Å². The van der Waals surface area contributed by atoms with E-state index in [0.29, 0.717) is 45.3 Å². The summed E-state index contributed by atoms with van der Waals surface area (Å²) in [6.07, 6.45) is 3.13. The molecule has 0 saturated carbocycles. The summed E-state index contributed by atoms with van der Waals surface area (Å²) in [4.78, 5) is 37.9. The SMILES string of the molecule is COC(=O)CCCCC(=O)NCCCCN(Cc1ccccc1-c1ccccc1)C(=O)OC(C)(C)C. The van der Waals surface area contributed by atoms with E-state index in [1.807, 2.05) is 57.2 Å². The van der Waals surface area contributed by atoms with E-state index in [1.54, 1.807) is 4.90 Å². The Morgan fingerprint density at radius 3 is 2.22 bits per heavy atom. The number of hydrogen-bond acceptors (Lipinski definition) is 5. The average molecular weight is 497 g/mol. The zero-order valence-electron chi connectivity index (χ0n) is 22.0. The van der Waals surface area contributed by atoms with Crippen LogP contribution in [-0.2, 0) is 25.6 Å². The molecule has 7 heteroatoms. The van der Waals surface area contributed by atoms with Crippen LogP contribution in [0.5, 0.6) is 0 Å². The maximum absolute atomic E-state index is 13.0. The molecule has 2 rings (SSSR count). The van der Waals surface area contributed by atoms with Gasteiger partial charge in [-0.05, 0) is 63.1 Å². The van der Waals surface area contributed by atoms with Crippen molar-refractivity contribution in [2.24, 2.45) is 0 Å². The third kappa shape index (κ3) is 10.9. The van der Waals surface area contributed by atoms with Crippen LogP contribution in [0.15, 0.2) is 54.6 Å². The summed E-state index contributed by atoms with van der Waals surface area (Å²) in [7, 11) is 1.36. The van der Waals surface area contributed by atoms with Crippen molar-refractivity contribution in [3.8, 4) is 11.1 Å². The number of carbonyl (C=O) groups excluding carboxylic acids is 3. The van der Waals surface area contributed by atoms with Crippen molar-refractivity contribution in [2.75, 3.05) is 20.2 Å². The first-order valence-corrected chi connectivity index (χ1v) is 12.6. The Labute approximate surface area is 215 Å². The summed E-state index contributed by atoms with van der Waals surface area (Å²) in [5.74, 6) is -0.281. The standard InChI is InChI=1S/C29H40N2O5/c1-29(2,3)36-28(34)31(21-13-12-20-30-26(32)18-10-11-19-27(33)35-4)22-24-16-8-9-17-25(24)23-14-6-5-7-15-23/h5-9,14-17H,10-13,18-22H2,1-4H3,(H,30,32). The van der Waals surface area contributed by atoms with Crippen molar-refractivity contribution in [1.82, 2.24) is 10.2 Å². The van der Waals surface area contributed by atoms with Crippen LogP contribution in [0.2, 0.25) is 0 Å². The first-order chi connectivity index (χ1) is 17.2. The van der Waals surface area contributed by atoms with Crippen LogP contribution in [0.25, 0.3) is 11.1 Å². The second-order valence-electron chi connectivity index (χ2n) is 9.77. The van der Waals surface area contributed by atoms with Crippen LogP contribution in [0.4, 0.5) is 4.79 Å². The fourth-order valence-electron chi connectivity index (χ4n) is 3.73. The normalized spacial score (nSPS) is 11.0. The molecule has 0 saturated heterocycles. The van der Waals surface area contributed by atoms with Gasteiger partial charge in [0.25, 0.3) is 0 Å². The van der Waals surface area contributed by atoms with Crippen molar-refractivity contribution in [3.63, 3.8) is 0 Å². The number of ether oxygens (including phenoxy) is 2. The lowest BCUT2D eigenvalue weighted by Crippen LogP contribution is -2.37. The monoisotopic (exact) mass is 496 g/mol. The number of esters is 1. The number of benzene rings is 2. The number of carbonyl (C=O) groups is 3. The molecule has 0 aromatic heterocycles. The molecule has 1 N–H and O–H groups in total. The van der Waals surface area contributed by atoms with Crippen LogP contribution >= 0.6 is 0 Å². The third-order valence-corrected chi connectivity index (χ3v) is 5.55. The van der Waals surface area contributed by atoms with Gasteiger partial charge in [-0.15, -0.1) is 0 Å². The predicted molar refractivity (Wildman–Crippen MR) is 141 cm³/mol. The highest BCUT2D eigenvalue weighted by atomic mass is 16.6. The zero-order valence-corrected chi connectivity index (χ0v) is 22.0. The molecule has 0 heterocycles. The van der Waals surface area contributed by atoms with E-state index < -0.39 is 5.60 Å². The zero-order chi connectivity index (χ0) is 26.4. The van der Waals surface area contributed by atoms with Gasteiger partial charge in [-0.2, -0.15) is 0 Å². The minimum atomic E-state index is -0.587. The lowest BCUT2D eigenvalue weighted by molar-refractivity contribution is -0.140. The molecular weight excluding hydrogens is 456 g/mol. The molecule has 36 heavy (non-hydrogen) atoms. The van der Waals surface area contributed by atoms with Gasteiger partial charge >= 0.3 is 12.1 Å². The van der Waals surface area contributed by atoms with E-state index in [9.17, 15) is 14.4 Å². The lowest BCUT2D eigenvalue weighted by Gasteiger charge is -2.28. The van der Waals surface area contributed by atoms with Gasteiger partial charge in [0.15, 0.2) is 0 Å². The Morgan fingerprint density at radius 1 is 0.861 bits per heavy atom. The molecule has 7 nitrogen and oxygen atoms in total. The molecule has 0 spiro atoms. The topological polar surface area (TPSA) is 84.9 Å². The molecule has 0 aliphatic carbocycles. The highest BCUT2D eigenvalue weighted by molar-refractivity contribution is 5.76. The van der Waals surface area contributed by atoms with Crippen molar-refractivity contribution in [3.05, 3.63) is 60.2 Å². The van der Waals surface area contributed by atoms with E-state index in [-0.39, 0.29) is 18.0 Å². The maximum Gasteiger partial charge on any atom is 0.410 e. The van der Waals surface area contributed by atoms with Crippen LogP contribution < -0.4 is 5.32 Å². The Morgan fingerprint density at radius 2 is 1.53 bits per heavy atom. The predicted octanol–water partition coefficient (Wildman–Crippen LogP) is 5.72. The first kappa shape index (κ1) is 28.9. The maximum atomic E-state index is 13.0. The second kappa shape index (κ2) is 14.9. The van der Waals surface area contributed by atoms with E-state index >= 15 is 0 Å². The Kier molecular flexibility index (Phi) is 12.0. The fourth-order valence-corrected chi connectivity index (χ4v) is 3.73. The Hall–Kier alpha value is -3.35. The molecule has 2 aromatic carbocycles. The largest absolute Gasteiger partial charge is 0.469 e. The number of nitrogens with zero attached hydrogens (tertiary/aromatic N) is 1. The minimum absolute atomic E-state index is 0.0272. The van der Waals surface area contributed by atoms with Gasteiger partial charge < -0.3 is 19.7 Å². The lowest BCUT2D eigenvalue weighted by atomic mass is 9.99. The summed E-state index contributed by atoms with van der Waals surface area (Å²) in [5.41, 5.74) is 2.66. The number of amides is 2. The van der Waals surface area contributed by atoms with E-state index in [0.717, 1.165) is 29.5 Å². The van der Waals surface area contributed by atoms with E-state index in [2.05, 4.69) is 28.3 Å². The van der Waals surface area contributed by atoms with Crippen molar-refractivity contribution < 1.29 is 23.9 Å². The molecule has 196 valence electrons. The molecule has 0 fully saturated rings. The number of hydrogen-bond donors (Lipinski definition) is 1. The van der Waals surface area contributed by atoms with Gasteiger partial charge in [0, 0.05) is 32.5 Å². The van der Waals surface area contributed by atoms with Gasteiger partial charge in [-0.1, -0.05) is 54.6 Å². The second-order valence-corrected chi connectivity index (χ2v) is 9.77. The number of unbranched alkanes of at least 4 members (excludes halogenated alkanes) is 2. The molecule has 0 aliphatic rings. The fraction of sp³-hybridized carbons (Fsp3) is 0.483. The third-order valence-electron chi connectivity index (χ3n) is 5.55. The smallest absolute Gasteiger partial charge is 0.410 e. The summed E-state index contributed by atoms with van der Waals surface area (Å²) < 4.78 is 10.3. The van der Waals surface area contributed by atoms with Gasteiger partial charge in [-0.25, -0.2) is 4.79 Å². The number of rotatable bonds is 13. The summed E-state index contributed by atoms with van der Waals surface area (Å²) in [6, 6.07) is 18.2. The molecule has 2 aromatic rings. The molecule has 0 unspecified atom stereocenters. The molecule has 0 aliphatic heterocycles. The minimum Gasteiger partial charge on any atom is -0.469 e. The van der Waals surface area contributed by atoms with E-state index in [4.69, 9.17) is 4.74 Å². The van der Waals surface area contributed by atoms with Crippen LogP contribution in [0.1, 0.15) is 64.9 Å². The quantitative estimate of drug-likeness (QED) is 0.283. The molecule has 0 atom stereocenters. The molecule has 2 amide bonds. The van der Waals surface area contributed by atoms with Crippen LogP contribution in [0, 0.1) is 0 Å². The average Bonchev–Trinajstić information content (AvgIpc) is 2.85. The van der Waals surface area contributed by atoms with Gasteiger partial charge in [-0.3, -0.25) is 9.59 Å². The first-order valence-electron chi connectivity index (χ1n) is 12.6. The van der Waals surface area contributed by atoms with Gasteiger partial charge in [0.2, 0.25) is 5.91 Å². The molecular formula is C29H40N2O5. The summed E-state index contributed by atoms with van der Waals surface area (Å²) in [6.45, 7) is 7.09. The summed E-state index contributed by atoms with van der Waals surface area (Å²) in [5, 5.41) is 2.92. The van der Waals surface area contributed by atoms with Crippen molar-refractivity contribution in [2.45, 2.75) is 71.4 Å². The number of nitrogens with one attached hydrogen (secondary N) is 1. The highest BCUT2D eigenvalue weighted by Crippen LogP contribution is 2.25. The van der Waals surface area contributed by atoms with Gasteiger partial charge in [0.05, 0.1) is 7.11 Å². The summed E-state index contributed by atoms with van der Waals surface area (Å²) >= 11 is 0. The van der Waals surface area contributed by atoms with E-state index in [1.165, 1.54) is 7.11 Å².